The van der Waals surface area contributed by atoms with Crippen molar-refractivity contribution in [2.24, 2.45) is 0 Å². The summed E-state index contributed by atoms with van der Waals surface area (Å²) in [5.41, 5.74) is 5.57. The van der Waals surface area contributed by atoms with Gasteiger partial charge in [0.1, 0.15) is 5.82 Å². The molecule has 1 aromatic rings. The monoisotopic (exact) mass is 253 g/mol. The Morgan fingerprint density at radius 3 is 2.90 bits per heavy atom. The van der Waals surface area contributed by atoms with Crippen molar-refractivity contribution in [2.45, 2.75) is 6.54 Å². The summed E-state index contributed by atoms with van der Waals surface area (Å²) < 4.78 is 2.49. The Hall–Kier alpha value is -0.300. The fraction of sp³-hybridized carbons (Fsp3) is 0.400. The molecule has 1 heterocycles. The minimum absolute atomic E-state index is 0.0714. The molecule has 56 valence electrons. The second kappa shape index (κ2) is 3.20. The number of anilines is 1. The number of nitrogens with two attached hydrogens (primary N) is 1. The molecule has 0 bridgehead atoms. The van der Waals surface area contributed by atoms with Crippen molar-refractivity contribution in [1.82, 2.24) is 9.78 Å². The van der Waals surface area contributed by atoms with E-state index in [1.165, 1.54) is 0 Å². The van der Waals surface area contributed by atoms with E-state index in [0.29, 0.717) is 12.4 Å². The molecule has 10 heavy (non-hydrogen) atoms. The maximum absolute atomic E-state index is 8.53. The molecular formula is C5H8IN3O. The van der Waals surface area contributed by atoms with E-state index in [-0.39, 0.29) is 6.61 Å². The highest BCUT2D eigenvalue weighted by molar-refractivity contribution is 14.1. The molecule has 0 atom stereocenters. The number of aliphatic hydroxyl groups excluding tert-OH is 1. The number of nitrogen functional groups attached to an aromatic ring is 1. The molecule has 0 aromatic carbocycles. The molecule has 0 radical (unpaired) electrons. The number of aliphatic hydroxyl groups is 1. The summed E-state index contributed by atoms with van der Waals surface area (Å²) in [6.07, 6.45) is 1.67. The Bertz CT molecular complexity index is 223. The summed E-state index contributed by atoms with van der Waals surface area (Å²) in [5, 5.41) is 12.5. The molecule has 1 rings (SSSR count). The first-order valence-electron chi connectivity index (χ1n) is 2.83. The molecule has 0 fully saturated rings. The SMILES string of the molecule is Nc1c(I)cnn1CCO. The Morgan fingerprint density at radius 2 is 2.50 bits per heavy atom. The van der Waals surface area contributed by atoms with Crippen LogP contribution in [0.1, 0.15) is 0 Å². The van der Waals surface area contributed by atoms with Crippen LogP contribution in [-0.4, -0.2) is 21.5 Å². The van der Waals surface area contributed by atoms with E-state index in [9.17, 15) is 0 Å². The van der Waals surface area contributed by atoms with Crippen molar-refractivity contribution in [3.05, 3.63) is 9.77 Å². The summed E-state index contributed by atoms with van der Waals surface area (Å²) in [4.78, 5) is 0. The lowest BCUT2D eigenvalue weighted by atomic mass is 10.6. The summed E-state index contributed by atoms with van der Waals surface area (Å²) in [6, 6.07) is 0. The highest BCUT2D eigenvalue weighted by Gasteiger charge is 2.01. The molecule has 0 aliphatic rings. The molecule has 1 aromatic heterocycles. The second-order valence-corrected chi connectivity index (χ2v) is 2.99. The number of hydrogen-bond acceptors (Lipinski definition) is 3. The summed E-state index contributed by atoms with van der Waals surface area (Å²) in [5.74, 6) is 0.620. The first-order valence-corrected chi connectivity index (χ1v) is 3.91. The van der Waals surface area contributed by atoms with Gasteiger partial charge in [0.15, 0.2) is 0 Å². The number of nitrogens with zero attached hydrogens (tertiary/aromatic N) is 2. The van der Waals surface area contributed by atoms with Gasteiger partial charge in [0.05, 0.1) is 22.9 Å². The average Bonchev–Trinajstić information content (AvgIpc) is 2.20. The van der Waals surface area contributed by atoms with Gasteiger partial charge < -0.3 is 10.8 Å². The molecular weight excluding hydrogens is 245 g/mol. The Balaban J connectivity index is 2.83. The molecule has 0 amide bonds. The van der Waals surface area contributed by atoms with Gasteiger partial charge in [-0.05, 0) is 22.6 Å². The van der Waals surface area contributed by atoms with Gasteiger partial charge in [-0.2, -0.15) is 5.10 Å². The van der Waals surface area contributed by atoms with Gasteiger partial charge in [-0.1, -0.05) is 0 Å². The molecule has 4 nitrogen and oxygen atoms in total. The molecule has 5 heteroatoms. The third kappa shape index (κ3) is 1.40. The smallest absolute Gasteiger partial charge is 0.135 e. The fourth-order valence-corrected chi connectivity index (χ4v) is 1.05. The molecule has 0 spiro atoms. The fourth-order valence-electron chi connectivity index (χ4n) is 0.645. The van der Waals surface area contributed by atoms with E-state index < -0.39 is 0 Å². The first-order chi connectivity index (χ1) is 4.75. The highest BCUT2D eigenvalue weighted by Crippen LogP contribution is 2.12. The minimum atomic E-state index is 0.0714. The molecule has 0 saturated heterocycles. The van der Waals surface area contributed by atoms with E-state index in [1.54, 1.807) is 10.9 Å². The normalized spacial score (nSPS) is 10.2. The van der Waals surface area contributed by atoms with Gasteiger partial charge in [-0.15, -0.1) is 0 Å². The Labute approximate surface area is 72.2 Å². The Morgan fingerprint density at radius 1 is 1.80 bits per heavy atom. The topological polar surface area (TPSA) is 64.1 Å². The quantitative estimate of drug-likeness (QED) is 0.732. The lowest BCUT2D eigenvalue weighted by Crippen LogP contribution is -2.07. The van der Waals surface area contributed by atoms with Crippen LogP contribution in [0.5, 0.6) is 0 Å². The molecule has 0 saturated carbocycles. The van der Waals surface area contributed by atoms with Gasteiger partial charge in [0.2, 0.25) is 0 Å². The van der Waals surface area contributed by atoms with Gasteiger partial charge in [0, 0.05) is 0 Å². The van der Waals surface area contributed by atoms with E-state index in [2.05, 4.69) is 27.7 Å². The van der Waals surface area contributed by atoms with Gasteiger partial charge in [-0.25, -0.2) is 4.68 Å². The third-order valence-electron chi connectivity index (χ3n) is 1.15. The maximum Gasteiger partial charge on any atom is 0.135 e. The number of halogens is 1. The zero-order chi connectivity index (χ0) is 7.56. The van der Waals surface area contributed by atoms with Crippen molar-refractivity contribution in [1.29, 1.82) is 0 Å². The van der Waals surface area contributed by atoms with Crippen LogP contribution < -0.4 is 5.73 Å². The molecule has 0 unspecified atom stereocenters. The predicted molar refractivity (Wildman–Crippen MR) is 46.4 cm³/mol. The average molecular weight is 253 g/mol. The second-order valence-electron chi connectivity index (χ2n) is 1.82. The minimum Gasteiger partial charge on any atom is -0.394 e. The van der Waals surface area contributed by atoms with E-state index >= 15 is 0 Å². The van der Waals surface area contributed by atoms with Crippen LogP contribution in [0.3, 0.4) is 0 Å². The van der Waals surface area contributed by atoms with E-state index in [4.69, 9.17) is 10.8 Å². The lowest BCUT2D eigenvalue weighted by molar-refractivity contribution is 0.270. The van der Waals surface area contributed by atoms with E-state index in [1.807, 2.05) is 0 Å². The summed E-state index contributed by atoms with van der Waals surface area (Å²) >= 11 is 2.09. The molecule has 3 N–H and O–H groups in total. The van der Waals surface area contributed by atoms with Crippen LogP contribution in [0.2, 0.25) is 0 Å². The van der Waals surface area contributed by atoms with Crippen LogP contribution >= 0.6 is 22.6 Å². The van der Waals surface area contributed by atoms with Crippen molar-refractivity contribution in [2.75, 3.05) is 12.3 Å². The molecule has 0 aliphatic carbocycles. The number of aromatic nitrogens is 2. The third-order valence-corrected chi connectivity index (χ3v) is 1.98. The highest BCUT2D eigenvalue weighted by atomic mass is 127. The maximum atomic E-state index is 8.53. The molecule has 0 aliphatic heterocycles. The van der Waals surface area contributed by atoms with Crippen LogP contribution in [0.25, 0.3) is 0 Å². The standard InChI is InChI=1S/C5H8IN3O/c6-4-3-8-9(1-2-10)5(4)7/h3,10H,1-2,7H2. The van der Waals surface area contributed by atoms with Gasteiger partial charge >= 0.3 is 0 Å². The largest absolute Gasteiger partial charge is 0.394 e. The van der Waals surface area contributed by atoms with Crippen molar-refractivity contribution in [3.8, 4) is 0 Å². The van der Waals surface area contributed by atoms with Crippen molar-refractivity contribution >= 4 is 28.4 Å². The first kappa shape index (κ1) is 7.80. The number of rotatable bonds is 2. The predicted octanol–water partition coefficient (Wildman–Crippen LogP) is 0.0622. The van der Waals surface area contributed by atoms with Crippen LogP contribution in [0.15, 0.2) is 6.20 Å². The summed E-state index contributed by atoms with van der Waals surface area (Å²) in [6.45, 7) is 0.538. The van der Waals surface area contributed by atoms with Crippen molar-refractivity contribution < 1.29 is 5.11 Å². The van der Waals surface area contributed by atoms with Gasteiger partial charge in [-0.3, -0.25) is 0 Å². The van der Waals surface area contributed by atoms with Crippen molar-refractivity contribution in [3.63, 3.8) is 0 Å². The lowest BCUT2D eigenvalue weighted by Gasteiger charge is -1.98. The zero-order valence-corrected chi connectivity index (χ0v) is 7.45. The number of hydrogen-bond donors (Lipinski definition) is 2. The van der Waals surface area contributed by atoms with Crippen LogP contribution in [0, 0.1) is 3.57 Å². The zero-order valence-electron chi connectivity index (χ0n) is 5.29. The Kier molecular flexibility index (Phi) is 2.50. The van der Waals surface area contributed by atoms with Gasteiger partial charge in [0.25, 0.3) is 0 Å². The summed E-state index contributed by atoms with van der Waals surface area (Å²) in [7, 11) is 0. The van der Waals surface area contributed by atoms with Crippen LogP contribution in [0.4, 0.5) is 5.82 Å². The van der Waals surface area contributed by atoms with Crippen LogP contribution in [-0.2, 0) is 6.54 Å². The van der Waals surface area contributed by atoms with E-state index in [0.717, 1.165) is 3.57 Å².